The lowest BCUT2D eigenvalue weighted by molar-refractivity contribution is -0.114. The molecule has 5 aliphatic rings. The van der Waals surface area contributed by atoms with Gasteiger partial charge < -0.3 is 4.74 Å². The van der Waals surface area contributed by atoms with Crippen LogP contribution in [-0.2, 0) is 9.53 Å². The third kappa shape index (κ3) is 2.91. The highest BCUT2D eigenvalue weighted by atomic mass is 16.5. The molecule has 0 bridgehead atoms. The molecule has 3 heteroatoms. The Hall–Kier alpha value is -2.26. The third-order valence-corrected chi connectivity index (χ3v) is 9.90. The van der Waals surface area contributed by atoms with Crippen LogP contribution < -0.4 is 0 Å². The molecule has 1 aromatic rings. The zero-order valence-electron chi connectivity index (χ0n) is 19.9. The first-order valence-corrected chi connectivity index (χ1v) is 12.7. The summed E-state index contributed by atoms with van der Waals surface area (Å²) in [6, 6.07) is 8.33. The van der Waals surface area contributed by atoms with Crippen LogP contribution >= 0.6 is 0 Å². The quantitative estimate of drug-likeness (QED) is 0.388. The van der Waals surface area contributed by atoms with Gasteiger partial charge in [0.05, 0.1) is 12.2 Å². The minimum absolute atomic E-state index is 0.0604. The van der Waals surface area contributed by atoms with Crippen molar-refractivity contribution >= 4 is 11.6 Å². The zero-order valence-corrected chi connectivity index (χ0v) is 19.9. The normalized spacial score (nSPS) is 37.6. The van der Waals surface area contributed by atoms with E-state index in [1.54, 1.807) is 12.5 Å². The van der Waals surface area contributed by atoms with Crippen molar-refractivity contribution in [1.29, 1.82) is 0 Å². The van der Waals surface area contributed by atoms with Gasteiger partial charge in [-0.2, -0.15) is 0 Å². The van der Waals surface area contributed by atoms with Gasteiger partial charge in [-0.3, -0.25) is 9.59 Å². The summed E-state index contributed by atoms with van der Waals surface area (Å²) < 4.78 is 6.61. The molecular weight excluding hydrogens is 408 g/mol. The fraction of sp³-hybridized carbons (Fsp3) is 0.533. The van der Waals surface area contributed by atoms with Crippen molar-refractivity contribution in [1.82, 2.24) is 0 Å². The molecule has 2 saturated carbocycles. The lowest BCUT2D eigenvalue weighted by Crippen LogP contribution is -2.52. The van der Waals surface area contributed by atoms with Crippen molar-refractivity contribution in [2.75, 3.05) is 6.61 Å². The van der Waals surface area contributed by atoms with E-state index >= 15 is 0 Å². The fourth-order valence-corrected chi connectivity index (χ4v) is 8.37. The summed E-state index contributed by atoms with van der Waals surface area (Å²) in [5.41, 5.74) is 7.60. The minimum Gasteiger partial charge on any atom is -0.370 e. The number of fused-ring (bicyclic) bond motifs is 5. The van der Waals surface area contributed by atoms with Gasteiger partial charge in [-0.25, -0.2) is 0 Å². The van der Waals surface area contributed by atoms with E-state index in [9.17, 15) is 9.59 Å². The molecule has 0 N–H and O–H groups in total. The molecule has 1 saturated heterocycles. The molecule has 0 unspecified atom stereocenters. The van der Waals surface area contributed by atoms with Crippen molar-refractivity contribution in [3.8, 4) is 0 Å². The van der Waals surface area contributed by atoms with Crippen LogP contribution in [-0.4, -0.2) is 23.8 Å². The first kappa shape index (κ1) is 21.3. The molecule has 0 amide bonds. The number of ketones is 2. The Morgan fingerprint density at radius 1 is 1.09 bits per heavy atom. The second-order valence-electron chi connectivity index (χ2n) is 11.2. The number of allylic oxidation sites excluding steroid dienone is 4. The van der Waals surface area contributed by atoms with E-state index < -0.39 is 0 Å². The van der Waals surface area contributed by atoms with Crippen molar-refractivity contribution in [2.45, 2.75) is 76.7 Å². The van der Waals surface area contributed by atoms with Crippen molar-refractivity contribution < 1.29 is 14.3 Å². The highest BCUT2D eigenvalue weighted by Crippen LogP contribution is 2.70. The largest absolute Gasteiger partial charge is 0.370 e. The molecule has 33 heavy (non-hydrogen) atoms. The number of ether oxygens (including phenoxy) is 1. The van der Waals surface area contributed by atoms with E-state index in [-0.39, 0.29) is 22.6 Å². The summed E-state index contributed by atoms with van der Waals surface area (Å²) in [6.45, 7) is 9.42. The Morgan fingerprint density at radius 3 is 2.58 bits per heavy atom. The van der Waals surface area contributed by atoms with Gasteiger partial charge in [0.25, 0.3) is 0 Å². The van der Waals surface area contributed by atoms with E-state index in [0.717, 1.165) is 50.7 Å². The van der Waals surface area contributed by atoms with E-state index in [2.05, 4.69) is 25.6 Å². The average Bonchev–Trinajstić information content (AvgIpc) is 3.33. The van der Waals surface area contributed by atoms with Gasteiger partial charge in [-0.1, -0.05) is 43.3 Å². The van der Waals surface area contributed by atoms with Crippen LogP contribution in [0.1, 0.15) is 87.1 Å². The van der Waals surface area contributed by atoms with E-state index in [1.165, 1.54) is 28.7 Å². The van der Waals surface area contributed by atoms with Crippen LogP contribution in [0.25, 0.3) is 0 Å². The molecule has 172 valence electrons. The standard InChI is InChI=1S/C30H34O3/c1-18-13-15-33-30(18)14-12-27-25-10-8-22-16-23(32)9-11-24(22)28(25)26(17-29(27,30)3)21-6-4-20(5-7-21)19(2)31/h4-7,16,25-27H,1,8-15,17H2,2-3H3/t25-,26+,27-,29-,30-/m0/s1. The molecule has 5 atom stereocenters. The number of hydrogen-bond donors (Lipinski definition) is 0. The lowest BCUT2D eigenvalue weighted by atomic mass is 9.50. The molecule has 1 aliphatic heterocycles. The predicted octanol–water partition coefficient (Wildman–Crippen LogP) is 6.50. The average molecular weight is 443 g/mol. The number of Topliss-reactive ketones (excluding diaryl/α,β-unsaturated/α-hetero) is 1. The summed E-state index contributed by atoms with van der Waals surface area (Å²) in [5.74, 6) is 1.83. The Morgan fingerprint density at radius 2 is 1.88 bits per heavy atom. The number of hydrogen-bond acceptors (Lipinski definition) is 3. The maximum absolute atomic E-state index is 12.2. The summed E-state index contributed by atoms with van der Waals surface area (Å²) >= 11 is 0. The molecular formula is C30H34O3. The van der Waals surface area contributed by atoms with E-state index in [0.29, 0.717) is 24.2 Å². The molecule has 3 nitrogen and oxygen atoms in total. The predicted molar refractivity (Wildman–Crippen MR) is 129 cm³/mol. The maximum atomic E-state index is 12.2. The molecule has 4 aliphatic carbocycles. The second-order valence-corrected chi connectivity index (χ2v) is 11.2. The first-order valence-electron chi connectivity index (χ1n) is 12.7. The van der Waals surface area contributed by atoms with Crippen LogP contribution in [0, 0.1) is 17.3 Å². The first-order chi connectivity index (χ1) is 15.8. The summed E-state index contributed by atoms with van der Waals surface area (Å²) in [7, 11) is 0. The maximum Gasteiger partial charge on any atom is 0.159 e. The summed E-state index contributed by atoms with van der Waals surface area (Å²) in [4.78, 5) is 24.1. The van der Waals surface area contributed by atoms with Crippen molar-refractivity contribution in [3.05, 3.63) is 70.3 Å². The van der Waals surface area contributed by atoms with Crippen LogP contribution in [0.2, 0.25) is 0 Å². The monoisotopic (exact) mass is 442 g/mol. The molecule has 0 radical (unpaired) electrons. The lowest BCUT2D eigenvalue weighted by Gasteiger charge is -2.55. The number of benzene rings is 1. The Bertz CT molecular complexity index is 1120. The van der Waals surface area contributed by atoms with Crippen LogP contribution in [0.5, 0.6) is 0 Å². The number of rotatable bonds is 2. The van der Waals surface area contributed by atoms with Crippen molar-refractivity contribution in [3.63, 3.8) is 0 Å². The number of carbonyl (C=O) groups excluding carboxylic acids is 2. The SMILES string of the molecule is C=C1CCO[C@@]12CC[C@H]1[C@@H]3CCC4=CC(=O)CCC4=C3[C@@H](c3ccc(C(C)=O)cc3)C[C@@]12C. The second kappa shape index (κ2) is 7.37. The Labute approximate surface area is 197 Å². The summed E-state index contributed by atoms with van der Waals surface area (Å²) in [5, 5.41) is 0. The zero-order chi connectivity index (χ0) is 23.0. The molecule has 3 fully saturated rings. The smallest absolute Gasteiger partial charge is 0.159 e. The van der Waals surface area contributed by atoms with E-state index in [1.807, 2.05) is 18.2 Å². The minimum atomic E-state index is -0.190. The van der Waals surface area contributed by atoms with Crippen LogP contribution in [0.4, 0.5) is 0 Å². The van der Waals surface area contributed by atoms with E-state index in [4.69, 9.17) is 4.74 Å². The van der Waals surface area contributed by atoms with Gasteiger partial charge >= 0.3 is 0 Å². The summed E-state index contributed by atoms with van der Waals surface area (Å²) in [6.07, 6.45) is 9.92. The van der Waals surface area contributed by atoms with Gasteiger partial charge in [0, 0.05) is 23.3 Å². The molecule has 1 aromatic carbocycles. The van der Waals surface area contributed by atoms with Crippen LogP contribution in [0.15, 0.2) is 59.2 Å². The Kier molecular flexibility index (Phi) is 4.75. The molecule has 1 heterocycles. The van der Waals surface area contributed by atoms with Gasteiger partial charge in [0.15, 0.2) is 11.6 Å². The van der Waals surface area contributed by atoms with Gasteiger partial charge in [-0.05, 0) is 92.1 Å². The number of carbonyl (C=O) groups is 2. The van der Waals surface area contributed by atoms with Gasteiger partial charge in [0.2, 0.25) is 0 Å². The van der Waals surface area contributed by atoms with Gasteiger partial charge in [0.1, 0.15) is 0 Å². The van der Waals surface area contributed by atoms with Gasteiger partial charge in [-0.15, -0.1) is 0 Å². The highest BCUT2D eigenvalue weighted by Gasteiger charge is 2.65. The molecule has 0 aromatic heterocycles. The van der Waals surface area contributed by atoms with Crippen molar-refractivity contribution in [2.24, 2.45) is 17.3 Å². The third-order valence-electron chi connectivity index (χ3n) is 9.90. The molecule has 1 spiro atoms. The molecule has 6 rings (SSSR count). The topological polar surface area (TPSA) is 43.4 Å². The fourth-order valence-electron chi connectivity index (χ4n) is 8.37. The van der Waals surface area contributed by atoms with Crippen LogP contribution in [0.3, 0.4) is 0 Å². The Balaban J connectivity index is 1.52. The highest BCUT2D eigenvalue weighted by molar-refractivity contribution is 5.94.